The number of benzene rings is 2. The van der Waals surface area contributed by atoms with Gasteiger partial charge in [0.15, 0.2) is 5.78 Å². The number of aryl methyl sites for hydroxylation is 2. The Morgan fingerprint density at radius 2 is 1.75 bits per heavy atom. The Balaban J connectivity index is 1.86. The van der Waals surface area contributed by atoms with E-state index in [-0.39, 0.29) is 17.6 Å². The summed E-state index contributed by atoms with van der Waals surface area (Å²) in [5.74, 6) is 0.752. The summed E-state index contributed by atoms with van der Waals surface area (Å²) in [5.41, 5.74) is 5.75. The zero-order valence-electron chi connectivity index (χ0n) is 16.6. The van der Waals surface area contributed by atoms with Crippen molar-refractivity contribution in [1.82, 2.24) is 0 Å². The number of amides is 1. The van der Waals surface area contributed by atoms with Gasteiger partial charge in [0.2, 0.25) is 5.91 Å². The highest BCUT2D eigenvalue weighted by atomic mass is 16.5. The summed E-state index contributed by atoms with van der Waals surface area (Å²) in [7, 11) is 1.63. The van der Waals surface area contributed by atoms with E-state index in [2.05, 4.69) is 6.07 Å². The van der Waals surface area contributed by atoms with Crippen molar-refractivity contribution in [2.75, 3.05) is 12.0 Å². The van der Waals surface area contributed by atoms with Gasteiger partial charge in [0.25, 0.3) is 0 Å². The Morgan fingerprint density at radius 3 is 2.46 bits per heavy atom. The third-order valence-corrected chi connectivity index (χ3v) is 5.64. The standard InChI is InChI=1S/C24H25NO3/c1-15-10-16(2)12-18(11-15)25-21-8-5-9-22(26)24(21)20(14-23(25)27)17-6-4-7-19(13-17)28-3/h4,6-7,10-13,20H,5,8-9,14H2,1-3H3. The van der Waals surface area contributed by atoms with Crippen LogP contribution < -0.4 is 9.64 Å². The molecule has 0 spiro atoms. The Kier molecular flexibility index (Phi) is 4.80. The van der Waals surface area contributed by atoms with Gasteiger partial charge in [0.05, 0.1) is 7.11 Å². The molecule has 4 rings (SSSR count). The van der Waals surface area contributed by atoms with Crippen molar-refractivity contribution in [2.24, 2.45) is 0 Å². The van der Waals surface area contributed by atoms with E-state index in [4.69, 9.17) is 4.74 Å². The minimum Gasteiger partial charge on any atom is -0.497 e. The molecular formula is C24H25NO3. The number of nitrogens with zero attached hydrogens (tertiary/aromatic N) is 1. The predicted molar refractivity (Wildman–Crippen MR) is 110 cm³/mol. The van der Waals surface area contributed by atoms with Gasteiger partial charge in [-0.3, -0.25) is 14.5 Å². The minimum absolute atomic E-state index is 0.0475. The van der Waals surface area contributed by atoms with Crippen molar-refractivity contribution in [1.29, 1.82) is 0 Å². The number of carbonyl (C=O) groups excluding carboxylic acids is 2. The topological polar surface area (TPSA) is 46.6 Å². The number of anilines is 1. The molecule has 0 N–H and O–H groups in total. The third kappa shape index (κ3) is 3.24. The van der Waals surface area contributed by atoms with E-state index in [9.17, 15) is 9.59 Å². The van der Waals surface area contributed by atoms with Crippen LogP contribution in [0.15, 0.2) is 53.7 Å². The highest BCUT2D eigenvalue weighted by Crippen LogP contribution is 2.44. The van der Waals surface area contributed by atoms with Crippen LogP contribution in [0.25, 0.3) is 0 Å². The highest BCUT2D eigenvalue weighted by Gasteiger charge is 2.39. The number of rotatable bonds is 3. The molecule has 0 bridgehead atoms. The molecular weight excluding hydrogens is 350 g/mol. The van der Waals surface area contributed by atoms with E-state index in [1.165, 1.54) is 0 Å². The molecule has 1 unspecified atom stereocenters. The zero-order valence-corrected chi connectivity index (χ0v) is 16.6. The smallest absolute Gasteiger partial charge is 0.232 e. The van der Waals surface area contributed by atoms with Crippen LogP contribution in [-0.2, 0) is 9.59 Å². The number of Topliss-reactive ketones (excluding diaryl/α,β-unsaturated/α-hetero) is 1. The van der Waals surface area contributed by atoms with Crippen molar-refractivity contribution in [3.8, 4) is 5.75 Å². The average molecular weight is 375 g/mol. The molecule has 2 aromatic rings. The number of methoxy groups -OCH3 is 1. The first kappa shape index (κ1) is 18.5. The second-order valence-electron chi connectivity index (χ2n) is 7.75. The summed E-state index contributed by atoms with van der Waals surface area (Å²) in [4.78, 5) is 28.0. The maximum atomic E-state index is 13.3. The molecule has 4 heteroatoms. The van der Waals surface area contributed by atoms with Gasteiger partial charge in [0.1, 0.15) is 5.75 Å². The molecule has 1 atom stereocenters. The largest absolute Gasteiger partial charge is 0.497 e. The Hall–Kier alpha value is -2.88. The van der Waals surface area contributed by atoms with Crippen LogP contribution in [0.5, 0.6) is 5.75 Å². The molecule has 0 aromatic heterocycles. The fourth-order valence-electron chi connectivity index (χ4n) is 4.52. The SMILES string of the molecule is COc1cccc(C2CC(=O)N(c3cc(C)cc(C)c3)C3=C2C(=O)CCC3)c1. The van der Waals surface area contributed by atoms with E-state index >= 15 is 0 Å². The van der Waals surface area contributed by atoms with Crippen molar-refractivity contribution in [2.45, 2.75) is 45.4 Å². The average Bonchev–Trinajstić information content (AvgIpc) is 2.66. The second-order valence-corrected chi connectivity index (χ2v) is 7.75. The van der Waals surface area contributed by atoms with Gasteiger partial charge in [-0.2, -0.15) is 0 Å². The summed E-state index contributed by atoms with van der Waals surface area (Å²) in [6.07, 6.45) is 2.39. The fourth-order valence-corrected chi connectivity index (χ4v) is 4.52. The van der Waals surface area contributed by atoms with Gasteiger partial charge in [-0.1, -0.05) is 18.2 Å². The van der Waals surface area contributed by atoms with Gasteiger partial charge < -0.3 is 4.74 Å². The van der Waals surface area contributed by atoms with E-state index in [1.54, 1.807) is 12.0 Å². The van der Waals surface area contributed by atoms with Crippen LogP contribution in [0, 0.1) is 13.8 Å². The Morgan fingerprint density at radius 1 is 1.00 bits per heavy atom. The molecule has 2 aromatic carbocycles. The van der Waals surface area contributed by atoms with Gasteiger partial charge in [-0.05, 0) is 67.6 Å². The van der Waals surface area contributed by atoms with Crippen molar-refractivity contribution in [3.63, 3.8) is 0 Å². The molecule has 28 heavy (non-hydrogen) atoms. The maximum absolute atomic E-state index is 13.3. The van der Waals surface area contributed by atoms with E-state index in [0.29, 0.717) is 12.8 Å². The first-order valence-corrected chi connectivity index (χ1v) is 9.79. The van der Waals surface area contributed by atoms with Crippen molar-refractivity contribution < 1.29 is 14.3 Å². The molecule has 0 saturated heterocycles. The Labute approximate surface area is 165 Å². The van der Waals surface area contributed by atoms with Gasteiger partial charge in [0, 0.05) is 35.7 Å². The molecule has 144 valence electrons. The molecule has 0 radical (unpaired) electrons. The second kappa shape index (κ2) is 7.27. The molecule has 1 heterocycles. The van der Waals surface area contributed by atoms with Crippen LogP contribution in [-0.4, -0.2) is 18.8 Å². The number of hydrogen-bond acceptors (Lipinski definition) is 3. The van der Waals surface area contributed by atoms with E-state index < -0.39 is 0 Å². The van der Waals surface area contributed by atoms with E-state index in [0.717, 1.165) is 52.2 Å². The normalized spacial score (nSPS) is 19.7. The zero-order chi connectivity index (χ0) is 19.8. The number of carbonyl (C=O) groups is 2. The summed E-state index contributed by atoms with van der Waals surface area (Å²) in [6, 6.07) is 13.9. The number of ketones is 1. The molecule has 0 fully saturated rings. The Bertz CT molecular complexity index is 969. The lowest BCUT2D eigenvalue weighted by Crippen LogP contribution is -2.40. The quantitative estimate of drug-likeness (QED) is 0.771. The van der Waals surface area contributed by atoms with Crippen molar-refractivity contribution >= 4 is 17.4 Å². The predicted octanol–water partition coefficient (Wildman–Crippen LogP) is 4.84. The van der Waals surface area contributed by atoms with Gasteiger partial charge >= 0.3 is 0 Å². The van der Waals surface area contributed by atoms with Gasteiger partial charge in [-0.25, -0.2) is 0 Å². The highest BCUT2D eigenvalue weighted by molar-refractivity contribution is 6.07. The molecule has 1 aliphatic heterocycles. The number of allylic oxidation sites excluding steroid dienone is 2. The molecule has 4 nitrogen and oxygen atoms in total. The summed E-state index contributed by atoms with van der Waals surface area (Å²) in [5, 5.41) is 0. The molecule has 0 saturated carbocycles. The molecule has 2 aliphatic rings. The van der Waals surface area contributed by atoms with Crippen LogP contribution in [0.2, 0.25) is 0 Å². The maximum Gasteiger partial charge on any atom is 0.232 e. The van der Waals surface area contributed by atoms with Crippen LogP contribution in [0.4, 0.5) is 5.69 Å². The number of ether oxygens (including phenoxy) is 1. The minimum atomic E-state index is -0.201. The summed E-state index contributed by atoms with van der Waals surface area (Å²) < 4.78 is 5.36. The lowest BCUT2D eigenvalue weighted by atomic mass is 9.77. The summed E-state index contributed by atoms with van der Waals surface area (Å²) >= 11 is 0. The molecule has 1 aliphatic carbocycles. The third-order valence-electron chi connectivity index (χ3n) is 5.64. The lowest BCUT2D eigenvalue weighted by molar-refractivity contribution is -0.119. The van der Waals surface area contributed by atoms with Crippen LogP contribution in [0.3, 0.4) is 0 Å². The molecule has 1 amide bonds. The monoisotopic (exact) mass is 375 g/mol. The van der Waals surface area contributed by atoms with E-state index in [1.807, 2.05) is 50.2 Å². The van der Waals surface area contributed by atoms with Crippen molar-refractivity contribution in [3.05, 3.63) is 70.4 Å². The lowest BCUT2D eigenvalue weighted by Gasteiger charge is -2.38. The first-order chi connectivity index (χ1) is 13.5. The fraction of sp³-hybridized carbons (Fsp3) is 0.333. The summed E-state index contributed by atoms with van der Waals surface area (Å²) in [6.45, 7) is 4.07. The van der Waals surface area contributed by atoms with Crippen LogP contribution in [0.1, 0.15) is 48.3 Å². The first-order valence-electron chi connectivity index (χ1n) is 9.79. The number of hydrogen-bond donors (Lipinski definition) is 0. The van der Waals surface area contributed by atoms with Gasteiger partial charge in [-0.15, -0.1) is 0 Å². The van der Waals surface area contributed by atoms with Crippen LogP contribution >= 0.6 is 0 Å².